The van der Waals surface area contributed by atoms with Crippen LogP contribution in [0.2, 0.25) is 0 Å². The smallest absolute Gasteiger partial charge is 0.339 e. The summed E-state index contributed by atoms with van der Waals surface area (Å²) in [6.07, 6.45) is 1.84. The number of primary sulfonamides is 1. The Labute approximate surface area is 112 Å². The number of unbranched alkanes of at least 4 members (excludes halogenated alkanes) is 1. The zero-order chi connectivity index (χ0) is 14.5. The molecule has 0 aliphatic heterocycles. The number of carbonyl (C=O) groups excluding carboxylic acids is 1. The van der Waals surface area contributed by atoms with Crippen LogP contribution >= 0.6 is 0 Å². The van der Waals surface area contributed by atoms with E-state index in [1.807, 2.05) is 6.92 Å². The van der Waals surface area contributed by atoms with Gasteiger partial charge in [0.2, 0.25) is 10.0 Å². The second-order valence-electron chi connectivity index (χ2n) is 3.90. The van der Waals surface area contributed by atoms with Gasteiger partial charge in [0, 0.05) is 0 Å². The Bertz CT molecular complexity index is 553. The van der Waals surface area contributed by atoms with Crippen LogP contribution in [0.1, 0.15) is 30.1 Å². The Morgan fingerprint density at radius 3 is 2.58 bits per heavy atom. The Kier molecular flexibility index (Phi) is 5.31. The molecule has 0 aliphatic carbocycles. The van der Waals surface area contributed by atoms with Crippen molar-refractivity contribution < 1.29 is 22.7 Å². The summed E-state index contributed by atoms with van der Waals surface area (Å²) in [6, 6.07) is 4.02. The molecule has 0 bridgehead atoms. The summed E-state index contributed by atoms with van der Waals surface area (Å²) < 4.78 is 32.7. The quantitative estimate of drug-likeness (QED) is 0.628. The molecule has 0 spiro atoms. The number of hydrogen-bond acceptors (Lipinski definition) is 5. The van der Waals surface area contributed by atoms with E-state index in [1.165, 1.54) is 25.3 Å². The molecular formula is C12H17NO5S. The topological polar surface area (TPSA) is 95.7 Å². The third-order valence-corrected chi connectivity index (χ3v) is 3.40. The van der Waals surface area contributed by atoms with Crippen molar-refractivity contribution in [3.63, 3.8) is 0 Å². The molecule has 7 heteroatoms. The van der Waals surface area contributed by atoms with Crippen molar-refractivity contribution in [1.29, 1.82) is 0 Å². The van der Waals surface area contributed by atoms with E-state index in [4.69, 9.17) is 9.88 Å². The molecule has 1 rings (SSSR count). The Morgan fingerprint density at radius 2 is 2.05 bits per heavy atom. The number of hydrogen-bond donors (Lipinski definition) is 1. The number of esters is 1. The molecule has 6 nitrogen and oxygen atoms in total. The molecule has 0 aromatic heterocycles. The third kappa shape index (κ3) is 4.22. The van der Waals surface area contributed by atoms with Gasteiger partial charge in [-0.1, -0.05) is 13.3 Å². The van der Waals surface area contributed by atoms with Gasteiger partial charge in [-0.2, -0.15) is 0 Å². The van der Waals surface area contributed by atoms with E-state index in [1.54, 1.807) is 0 Å². The fourth-order valence-electron chi connectivity index (χ4n) is 1.45. The maximum Gasteiger partial charge on any atom is 0.339 e. The summed E-state index contributed by atoms with van der Waals surface area (Å²) >= 11 is 0. The van der Waals surface area contributed by atoms with Crippen LogP contribution < -0.4 is 9.88 Å². The van der Waals surface area contributed by atoms with Crippen molar-refractivity contribution in [2.75, 3.05) is 13.7 Å². The molecular weight excluding hydrogens is 270 g/mol. The minimum absolute atomic E-state index is 0.126. The molecule has 19 heavy (non-hydrogen) atoms. The highest BCUT2D eigenvalue weighted by Gasteiger charge is 2.20. The lowest BCUT2D eigenvalue weighted by Crippen LogP contribution is -2.17. The molecule has 0 heterocycles. The van der Waals surface area contributed by atoms with Crippen LogP contribution in [0.25, 0.3) is 0 Å². The molecule has 0 saturated heterocycles. The molecule has 1 aromatic rings. The first-order chi connectivity index (χ1) is 8.90. The lowest BCUT2D eigenvalue weighted by atomic mass is 10.2. The average Bonchev–Trinajstić information content (AvgIpc) is 2.36. The van der Waals surface area contributed by atoms with Gasteiger partial charge in [-0.15, -0.1) is 0 Å². The van der Waals surface area contributed by atoms with Gasteiger partial charge in [0.15, 0.2) is 0 Å². The van der Waals surface area contributed by atoms with Crippen molar-refractivity contribution in [2.24, 2.45) is 5.14 Å². The number of nitrogens with two attached hydrogens (primary N) is 1. The highest BCUT2D eigenvalue weighted by molar-refractivity contribution is 7.89. The van der Waals surface area contributed by atoms with Crippen LogP contribution in [-0.2, 0) is 14.8 Å². The lowest BCUT2D eigenvalue weighted by Gasteiger charge is -2.10. The van der Waals surface area contributed by atoms with Crippen LogP contribution in [0.4, 0.5) is 0 Å². The molecule has 0 radical (unpaired) electrons. The van der Waals surface area contributed by atoms with Gasteiger partial charge in [0.25, 0.3) is 0 Å². The SMILES string of the molecule is CCCCOc1ccc(S(N)(=O)=O)c(C(=O)OC)c1. The molecule has 0 unspecified atom stereocenters. The standard InChI is InChI=1S/C12H17NO5S/c1-3-4-7-18-9-5-6-11(19(13,15)16)10(8-9)12(14)17-2/h5-6,8H,3-4,7H2,1-2H3,(H2,13,15,16). The molecule has 2 N–H and O–H groups in total. The van der Waals surface area contributed by atoms with Crippen molar-refractivity contribution in [3.8, 4) is 5.75 Å². The second kappa shape index (κ2) is 6.53. The maximum absolute atomic E-state index is 11.6. The predicted octanol–water partition coefficient (Wildman–Crippen LogP) is 1.30. The number of benzene rings is 1. The van der Waals surface area contributed by atoms with E-state index < -0.39 is 16.0 Å². The number of rotatable bonds is 6. The number of sulfonamides is 1. The van der Waals surface area contributed by atoms with Gasteiger partial charge >= 0.3 is 5.97 Å². The zero-order valence-electron chi connectivity index (χ0n) is 10.9. The fraction of sp³-hybridized carbons (Fsp3) is 0.417. The molecule has 0 saturated carbocycles. The highest BCUT2D eigenvalue weighted by atomic mass is 32.2. The first kappa shape index (κ1) is 15.5. The van der Waals surface area contributed by atoms with Crippen LogP contribution in [0, 0.1) is 0 Å². The van der Waals surface area contributed by atoms with E-state index in [0.29, 0.717) is 12.4 Å². The summed E-state index contributed by atoms with van der Waals surface area (Å²) in [6.45, 7) is 2.51. The predicted molar refractivity (Wildman–Crippen MR) is 69.6 cm³/mol. The fourth-order valence-corrected chi connectivity index (χ4v) is 2.16. The molecule has 0 atom stereocenters. The van der Waals surface area contributed by atoms with Gasteiger partial charge in [-0.05, 0) is 24.6 Å². The lowest BCUT2D eigenvalue weighted by molar-refractivity contribution is 0.0595. The first-order valence-corrected chi connectivity index (χ1v) is 7.32. The molecule has 0 amide bonds. The van der Waals surface area contributed by atoms with E-state index in [-0.39, 0.29) is 10.5 Å². The second-order valence-corrected chi connectivity index (χ2v) is 5.43. The third-order valence-electron chi connectivity index (χ3n) is 2.43. The summed E-state index contributed by atoms with van der Waals surface area (Å²) in [4.78, 5) is 11.3. The Balaban J connectivity index is 3.13. The van der Waals surface area contributed by atoms with Gasteiger partial charge in [-0.3, -0.25) is 0 Å². The van der Waals surface area contributed by atoms with E-state index in [0.717, 1.165) is 12.8 Å². The summed E-state index contributed by atoms with van der Waals surface area (Å²) in [5.74, 6) is -0.369. The zero-order valence-corrected chi connectivity index (χ0v) is 11.7. The molecule has 106 valence electrons. The molecule has 1 aromatic carbocycles. The van der Waals surface area contributed by atoms with Gasteiger partial charge in [0.05, 0.1) is 24.2 Å². The highest BCUT2D eigenvalue weighted by Crippen LogP contribution is 2.22. The minimum Gasteiger partial charge on any atom is -0.494 e. The van der Waals surface area contributed by atoms with Crippen molar-refractivity contribution in [2.45, 2.75) is 24.7 Å². The molecule has 0 fully saturated rings. The number of carbonyl (C=O) groups is 1. The van der Waals surface area contributed by atoms with Crippen LogP contribution in [-0.4, -0.2) is 28.1 Å². The van der Waals surface area contributed by atoms with Crippen molar-refractivity contribution >= 4 is 16.0 Å². The van der Waals surface area contributed by atoms with Gasteiger partial charge in [-0.25, -0.2) is 18.4 Å². The minimum atomic E-state index is -3.99. The summed E-state index contributed by atoms with van der Waals surface area (Å²) in [7, 11) is -2.82. The number of ether oxygens (including phenoxy) is 2. The number of methoxy groups -OCH3 is 1. The summed E-state index contributed by atoms with van der Waals surface area (Å²) in [5.41, 5.74) is -0.126. The van der Waals surface area contributed by atoms with Crippen LogP contribution in [0.5, 0.6) is 5.75 Å². The Hall–Kier alpha value is -1.60. The first-order valence-electron chi connectivity index (χ1n) is 5.78. The van der Waals surface area contributed by atoms with E-state index >= 15 is 0 Å². The monoisotopic (exact) mass is 287 g/mol. The largest absolute Gasteiger partial charge is 0.494 e. The van der Waals surface area contributed by atoms with Gasteiger partial charge in [0.1, 0.15) is 5.75 Å². The normalized spacial score (nSPS) is 11.1. The van der Waals surface area contributed by atoms with Crippen molar-refractivity contribution in [1.82, 2.24) is 0 Å². The van der Waals surface area contributed by atoms with E-state index in [9.17, 15) is 13.2 Å². The molecule has 0 aliphatic rings. The van der Waals surface area contributed by atoms with Crippen LogP contribution in [0.3, 0.4) is 0 Å². The maximum atomic E-state index is 11.6. The van der Waals surface area contributed by atoms with E-state index in [2.05, 4.69) is 4.74 Å². The average molecular weight is 287 g/mol. The Morgan fingerprint density at radius 1 is 1.37 bits per heavy atom. The van der Waals surface area contributed by atoms with Gasteiger partial charge < -0.3 is 9.47 Å². The van der Waals surface area contributed by atoms with Crippen LogP contribution in [0.15, 0.2) is 23.1 Å². The van der Waals surface area contributed by atoms with Crippen molar-refractivity contribution in [3.05, 3.63) is 23.8 Å². The summed E-state index contributed by atoms with van der Waals surface area (Å²) in [5, 5.41) is 5.05.